The van der Waals surface area contributed by atoms with Gasteiger partial charge in [-0.05, 0) is 6.07 Å². The lowest BCUT2D eigenvalue weighted by atomic mass is 10.1. The van der Waals surface area contributed by atoms with Crippen LogP contribution in [0.2, 0.25) is 0 Å². The molecule has 1 aliphatic rings. The largest absolute Gasteiger partial charge is 0.460 e. The number of halogens is 4. The summed E-state index contributed by atoms with van der Waals surface area (Å²) in [7, 11) is 0. The monoisotopic (exact) mass is 343 g/mol. The maximum Gasteiger partial charge on any atom is 0.433 e. The van der Waals surface area contributed by atoms with Crippen molar-refractivity contribution < 1.29 is 22.3 Å². The van der Waals surface area contributed by atoms with E-state index in [0.717, 1.165) is 24.7 Å². The van der Waals surface area contributed by atoms with Gasteiger partial charge in [0, 0.05) is 32.1 Å². The molecule has 10 heteroatoms. The molecule has 1 aliphatic heterocycles. The highest BCUT2D eigenvalue weighted by Crippen LogP contribution is 2.28. The second-order valence-electron chi connectivity index (χ2n) is 5.23. The molecule has 24 heavy (non-hydrogen) atoms. The van der Waals surface area contributed by atoms with Crippen LogP contribution in [0, 0.1) is 5.82 Å². The fourth-order valence-corrected chi connectivity index (χ4v) is 2.34. The summed E-state index contributed by atoms with van der Waals surface area (Å²) in [4.78, 5) is 16.6. The minimum atomic E-state index is -4.50. The van der Waals surface area contributed by atoms with Crippen LogP contribution >= 0.6 is 0 Å². The smallest absolute Gasteiger partial charge is 0.433 e. The van der Waals surface area contributed by atoms with Gasteiger partial charge in [-0.3, -0.25) is 0 Å². The minimum absolute atomic E-state index is 0.0429. The molecule has 2 aromatic heterocycles. The van der Waals surface area contributed by atoms with Gasteiger partial charge in [-0.25, -0.2) is 24.3 Å². The van der Waals surface area contributed by atoms with E-state index in [1.165, 1.54) is 0 Å². The van der Waals surface area contributed by atoms with E-state index < -0.39 is 17.7 Å². The van der Waals surface area contributed by atoms with Gasteiger partial charge in [0.2, 0.25) is 5.95 Å². The predicted octanol–water partition coefficient (Wildman–Crippen LogP) is 2.47. The van der Waals surface area contributed by atoms with Crippen LogP contribution < -0.4 is 9.64 Å². The average molecular weight is 343 g/mol. The van der Waals surface area contributed by atoms with E-state index in [0.29, 0.717) is 25.9 Å². The normalized spacial score (nSPS) is 16.2. The van der Waals surface area contributed by atoms with Gasteiger partial charge in [0.15, 0.2) is 5.82 Å². The number of piperidine rings is 1. The maximum absolute atomic E-state index is 12.7. The molecule has 1 saturated heterocycles. The van der Waals surface area contributed by atoms with Crippen molar-refractivity contribution in [2.24, 2.45) is 0 Å². The zero-order valence-corrected chi connectivity index (χ0v) is 12.4. The van der Waals surface area contributed by atoms with Crippen LogP contribution in [0.25, 0.3) is 0 Å². The zero-order chi connectivity index (χ0) is 17.2. The van der Waals surface area contributed by atoms with Crippen molar-refractivity contribution in [3.05, 3.63) is 36.2 Å². The van der Waals surface area contributed by atoms with Crippen LogP contribution in [0.1, 0.15) is 18.5 Å². The van der Waals surface area contributed by atoms with Crippen molar-refractivity contribution in [2.75, 3.05) is 18.0 Å². The number of rotatable bonds is 3. The van der Waals surface area contributed by atoms with Crippen LogP contribution in [0.5, 0.6) is 6.01 Å². The molecule has 0 saturated carbocycles. The van der Waals surface area contributed by atoms with Gasteiger partial charge in [0.05, 0.1) is 12.4 Å². The molecular formula is C14H13F4N5O. The average Bonchev–Trinajstić information content (AvgIpc) is 2.57. The number of ether oxygens (including phenoxy) is 1. The summed E-state index contributed by atoms with van der Waals surface area (Å²) in [5.41, 5.74) is -0.967. The van der Waals surface area contributed by atoms with Crippen molar-refractivity contribution in [3.63, 3.8) is 0 Å². The number of hydrogen-bond acceptors (Lipinski definition) is 6. The van der Waals surface area contributed by atoms with Crippen molar-refractivity contribution in [1.82, 2.24) is 19.9 Å². The molecule has 6 nitrogen and oxygen atoms in total. The highest BCUT2D eigenvalue weighted by molar-refractivity contribution is 5.31. The first kappa shape index (κ1) is 16.3. The molecule has 1 fully saturated rings. The lowest BCUT2D eigenvalue weighted by molar-refractivity contribution is -0.141. The Balaban J connectivity index is 1.60. The third-order valence-corrected chi connectivity index (χ3v) is 3.53. The molecule has 0 aliphatic carbocycles. The number of nitrogens with zero attached hydrogens (tertiary/aromatic N) is 5. The fraction of sp³-hybridized carbons (Fsp3) is 0.429. The summed E-state index contributed by atoms with van der Waals surface area (Å²) in [5, 5.41) is 0. The van der Waals surface area contributed by atoms with Gasteiger partial charge in [0.1, 0.15) is 11.8 Å². The van der Waals surface area contributed by atoms with E-state index >= 15 is 0 Å². The lowest BCUT2D eigenvalue weighted by Gasteiger charge is -2.31. The molecule has 0 amide bonds. The molecule has 0 aromatic carbocycles. The van der Waals surface area contributed by atoms with Gasteiger partial charge in [-0.2, -0.15) is 13.2 Å². The maximum atomic E-state index is 12.7. The molecule has 2 aromatic rings. The Labute approximate surface area is 134 Å². The quantitative estimate of drug-likeness (QED) is 0.798. The predicted molar refractivity (Wildman–Crippen MR) is 74.9 cm³/mol. The van der Waals surface area contributed by atoms with Crippen LogP contribution in [0.3, 0.4) is 0 Å². The summed E-state index contributed by atoms with van der Waals surface area (Å²) in [6.45, 7) is 0.875. The molecule has 0 atom stereocenters. The van der Waals surface area contributed by atoms with Gasteiger partial charge < -0.3 is 9.64 Å². The number of alkyl halides is 3. The van der Waals surface area contributed by atoms with Crippen molar-refractivity contribution in [3.8, 4) is 6.01 Å². The van der Waals surface area contributed by atoms with E-state index in [2.05, 4.69) is 19.9 Å². The van der Waals surface area contributed by atoms with Gasteiger partial charge >= 0.3 is 12.2 Å². The first-order chi connectivity index (χ1) is 11.4. The third-order valence-electron chi connectivity index (χ3n) is 3.53. The molecule has 0 spiro atoms. The SMILES string of the molecule is Fc1cnc(OC2CCN(c3nccc(C(F)(F)F)n3)CC2)nc1. The molecule has 128 valence electrons. The van der Waals surface area contributed by atoms with Gasteiger partial charge in [-0.1, -0.05) is 0 Å². The molecule has 3 heterocycles. The molecule has 3 rings (SSSR count). The zero-order valence-electron chi connectivity index (χ0n) is 12.4. The molecule has 0 unspecified atom stereocenters. The van der Waals surface area contributed by atoms with Crippen LogP contribution in [0.15, 0.2) is 24.7 Å². The van der Waals surface area contributed by atoms with E-state index in [1.807, 2.05) is 0 Å². The number of anilines is 1. The van der Waals surface area contributed by atoms with E-state index in [-0.39, 0.29) is 18.1 Å². The fourth-order valence-electron chi connectivity index (χ4n) is 2.34. The Kier molecular flexibility index (Phi) is 4.45. The molecule has 0 bridgehead atoms. The Morgan fingerprint density at radius 1 is 1.08 bits per heavy atom. The minimum Gasteiger partial charge on any atom is -0.460 e. The summed E-state index contributed by atoms with van der Waals surface area (Å²) < 4.78 is 56.4. The molecule has 0 N–H and O–H groups in total. The van der Waals surface area contributed by atoms with E-state index in [4.69, 9.17) is 4.74 Å². The second kappa shape index (κ2) is 6.54. The van der Waals surface area contributed by atoms with Crippen molar-refractivity contribution in [1.29, 1.82) is 0 Å². The first-order valence-corrected chi connectivity index (χ1v) is 7.21. The lowest BCUT2D eigenvalue weighted by Crippen LogP contribution is -2.39. The van der Waals surface area contributed by atoms with Crippen molar-refractivity contribution in [2.45, 2.75) is 25.1 Å². The topological polar surface area (TPSA) is 64.0 Å². The van der Waals surface area contributed by atoms with Crippen molar-refractivity contribution >= 4 is 5.95 Å². The first-order valence-electron chi connectivity index (χ1n) is 7.21. The highest BCUT2D eigenvalue weighted by atomic mass is 19.4. The second-order valence-corrected chi connectivity index (χ2v) is 5.23. The summed E-state index contributed by atoms with van der Waals surface area (Å²) in [5.74, 6) is -0.514. The third kappa shape index (κ3) is 3.87. The van der Waals surface area contributed by atoms with Crippen LogP contribution in [0.4, 0.5) is 23.5 Å². The Bertz CT molecular complexity index is 686. The van der Waals surface area contributed by atoms with Gasteiger partial charge in [0.25, 0.3) is 0 Å². The Morgan fingerprint density at radius 2 is 1.75 bits per heavy atom. The number of aromatic nitrogens is 4. The van der Waals surface area contributed by atoms with E-state index in [1.54, 1.807) is 4.90 Å². The number of hydrogen-bond donors (Lipinski definition) is 0. The Hall–Kier alpha value is -2.52. The Morgan fingerprint density at radius 3 is 2.38 bits per heavy atom. The van der Waals surface area contributed by atoms with Crippen LogP contribution in [-0.4, -0.2) is 39.1 Å². The van der Waals surface area contributed by atoms with Gasteiger partial charge in [-0.15, -0.1) is 0 Å². The summed E-state index contributed by atoms with van der Waals surface area (Å²) in [6.07, 6.45) is -0.501. The molecular weight excluding hydrogens is 330 g/mol. The summed E-state index contributed by atoms with van der Waals surface area (Å²) >= 11 is 0. The van der Waals surface area contributed by atoms with Crippen LogP contribution in [-0.2, 0) is 6.18 Å². The summed E-state index contributed by atoms with van der Waals surface area (Å²) in [6, 6.07) is 0.913. The van der Waals surface area contributed by atoms with E-state index in [9.17, 15) is 17.6 Å². The highest BCUT2D eigenvalue weighted by Gasteiger charge is 2.33. The standard InChI is InChI=1S/C14H13F4N5O/c15-9-7-20-13(21-8-9)24-10-2-5-23(6-3-10)12-19-4-1-11(22-12)14(16,17)18/h1,4,7-8,10H,2-3,5-6H2. The molecule has 0 radical (unpaired) electrons.